The van der Waals surface area contributed by atoms with Crippen molar-refractivity contribution in [3.8, 4) is 0 Å². The van der Waals surface area contributed by atoms with Gasteiger partial charge < -0.3 is 16.0 Å². The number of carbonyl (C=O) groups is 1. The van der Waals surface area contributed by atoms with Crippen LogP contribution in [-0.2, 0) is 11.3 Å². The van der Waals surface area contributed by atoms with Crippen molar-refractivity contribution in [3.05, 3.63) is 82.5 Å². The van der Waals surface area contributed by atoms with E-state index in [9.17, 15) is 9.59 Å². The van der Waals surface area contributed by atoms with Gasteiger partial charge in [0.15, 0.2) is 0 Å². The Morgan fingerprint density at radius 2 is 1.79 bits per heavy atom. The summed E-state index contributed by atoms with van der Waals surface area (Å²) in [7, 11) is 0. The summed E-state index contributed by atoms with van der Waals surface area (Å²) < 4.78 is 1.30. The summed E-state index contributed by atoms with van der Waals surface area (Å²) in [5, 5.41) is 9.66. The number of aryl methyl sites for hydroxylation is 2. The second-order valence-corrected chi connectivity index (χ2v) is 7.68. The Balaban J connectivity index is 1.29. The van der Waals surface area contributed by atoms with Crippen LogP contribution >= 0.6 is 0 Å². The molecule has 0 bridgehead atoms. The molecule has 0 saturated carbocycles. The third-order valence-corrected chi connectivity index (χ3v) is 4.95. The quantitative estimate of drug-likeness (QED) is 0.359. The highest BCUT2D eigenvalue weighted by atomic mass is 16.2. The highest BCUT2D eigenvalue weighted by molar-refractivity contribution is 5.78. The van der Waals surface area contributed by atoms with Crippen LogP contribution in [0.3, 0.4) is 0 Å². The molecule has 0 atom stereocenters. The van der Waals surface area contributed by atoms with Crippen molar-refractivity contribution in [1.82, 2.24) is 24.8 Å². The van der Waals surface area contributed by atoms with Gasteiger partial charge in [-0.15, -0.1) is 0 Å². The van der Waals surface area contributed by atoms with E-state index in [2.05, 4.69) is 30.9 Å². The molecule has 9 nitrogen and oxygen atoms in total. The highest BCUT2D eigenvalue weighted by Gasteiger charge is 2.08. The van der Waals surface area contributed by atoms with Crippen LogP contribution < -0.4 is 21.5 Å². The van der Waals surface area contributed by atoms with Gasteiger partial charge in [-0.3, -0.25) is 14.2 Å². The van der Waals surface area contributed by atoms with Gasteiger partial charge in [0.05, 0.1) is 17.2 Å². The zero-order valence-corrected chi connectivity index (χ0v) is 18.5. The van der Waals surface area contributed by atoms with Gasteiger partial charge in [0, 0.05) is 30.5 Å². The van der Waals surface area contributed by atoms with E-state index >= 15 is 0 Å². The minimum absolute atomic E-state index is 0.0950. The lowest BCUT2D eigenvalue weighted by molar-refractivity contribution is -0.121. The third-order valence-electron chi connectivity index (χ3n) is 4.95. The number of benzene rings is 2. The van der Waals surface area contributed by atoms with Crippen molar-refractivity contribution in [2.45, 2.75) is 20.4 Å². The van der Waals surface area contributed by atoms with Crippen LogP contribution in [0.5, 0.6) is 0 Å². The molecule has 4 aromatic rings. The van der Waals surface area contributed by atoms with Gasteiger partial charge in [0.2, 0.25) is 11.9 Å². The summed E-state index contributed by atoms with van der Waals surface area (Å²) in [6.45, 7) is 4.62. The molecule has 0 aliphatic rings. The smallest absolute Gasteiger partial charge is 0.261 e. The molecule has 9 heteroatoms. The van der Waals surface area contributed by atoms with Crippen LogP contribution in [0, 0.1) is 13.8 Å². The van der Waals surface area contributed by atoms with E-state index in [-0.39, 0.29) is 18.0 Å². The van der Waals surface area contributed by atoms with Gasteiger partial charge in [0.1, 0.15) is 12.4 Å². The molecule has 2 heterocycles. The predicted octanol–water partition coefficient (Wildman–Crippen LogP) is 2.78. The minimum Gasteiger partial charge on any atom is -0.353 e. The van der Waals surface area contributed by atoms with Gasteiger partial charge in [-0.1, -0.05) is 29.8 Å². The van der Waals surface area contributed by atoms with Crippen LogP contribution in [0.25, 0.3) is 10.9 Å². The zero-order chi connectivity index (χ0) is 23.2. The molecule has 3 N–H and O–H groups in total. The summed E-state index contributed by atoms with van der Waals surface area (Å²) in [6, 6.07) is 17.0. The first-order chi connectivity index (χ1) is 16.0. The van der Waals surface area contributed by atoms with Crippen LogP contribution in [-0.4, -0.2) is 38.5 Å². The van der Waals surface area contributed by atoms with Crippen LogP contribution in [0.15, 0.2) is 65.7 Å². The van der Waals surface area contributed by atoms with Gasteiger partial charge in [0.25, 0.3) is 5.56 Å². The molecule has 0 saturated heterocycles. The number of para-hydroxylation sites is 1. The molecular formula is C24H25N7O2. The summed E-state index contributed by atoms with van der Waals surface area (Å²) in [5.41, 5.74) is 3.31. The molecule has 0 aliphatic carbocycles. The number of hydrogen-bond acceptors (Lipinski definition) is 7. The largest absolute Gasteiger partial charge is 0.353 e. The maximum Gasteiger partial charge on any atom is 0.261 e. The lowest BCUT2D eigenvalue weighted by Gasteiger charge is -2.11. The van der Waals surface area contributed by atoms with Crippen molar-refractivity contribution in [1.29, 1.82) is 0 Å². The topological polar surface area (TPSA) is 114 Å². The zero-order valence-electron chi connectivity index (χ0n) is 18.5. The molecular weight excluding hydrogens is 418 g/mol. The van der Waals surface area contributed by atoms with E-state index in [1.807, 2.05) is 50.2 Å². The lowest BCUT2D eigenvalue weighted by atomic mass is 10.2. The van der Waals surface area contributed by atoms with Crippen molar-refractivity contribution in [2.24, 2.45) is 0 Å². The molecule has 168 valence electrons. The Labute approximate surface area is 190 Å². The molecule has 0 spiro atoms. The molecule has 33 heavy (non-hydrogen) atoms. The highest BCUT2D eigenvalue weighted by Crippen LogP contribution is 2.17. The molecule has 0 aliphatic heterocycles. The minimum atomic E-state index is -0.275. The number of carbonyl (C=O) groups excluding carboxylic acids is 1. The fourth-order valence-corrected chi connectivity index (χ4v) is 3.30. The number of anilines is 3. The number of fused-ring (bicyclic) bond motifs is 1. The fourth-order valence-electron chi connectivity index (χ4n) is 3.30. The molecule has 0 radical (unpaired) electrons. The number of nitrogens with one attached hydrogen (secondary N) is 3. The summed E-state index contributed by atoms with van der Waals surface area (Å²) in [6.07, 6.45) is 1.39. The average molecular weight is 444 g/mol. The fraction of sp³-hybridized carbons (Fsp3) is 0.208. The summed E-state index contributed by atoms with van der Waals surface area (Å²) in [4.78, 5) is 37.9. The first kappa shape index (κ1) is 21.9. The molecule has 0 fully saturated rings. The Morgan fingerprint density at radius 1 is 1.00 bits per heavy atom. The number of hydrogen-bond donors (Lipinski definition) is 3. The average Bonchev–Trinajstić information content (AvgIpc) is 2.80. The Bertz CT molecular complexity index is 1330. The van der Waals surface area contributed by atoms with E-state index in [0.29, 0.717) is 35.8 Å². The summed E-state index contributed by atoms with van der Waals surface area (Å²) >= 11 is 0. The second-order valence-electron chi connectivity index (χ2n) is 7.68. The maximum atomic E-state index is 12.5. The monoisotopic (exact) mass is 443 g/mol. The van der Waals surface area contributed by atoms with Crippen LogP contribution in [0.4, 0.5) is 17.5 Å². The molecule has 2 aromatic heterocycles. The number of aromatic nitrogens is 4. The maximum absolute atomic E-state index is 12.5. The second kappa shape index (κ2) is 9.90. The molecule has 0 unspecified atom stereocenters. The van der Waals surface area contributed by atoms with E-state index in [1.54, 1.807) is 18.2 Å². The van der Waals surface area contributed by atoms with Crippen molar-refractivity contribution < 1.29 is 4.79 Å². The first-order valence-electron chi connectivity index (χ1n) is 10.6. The standard InChI is InChI=1S/C24H25N7O2/c1-16-7-9-18(10-8-16)29-21-13-17(2)28-24(30-21)26-12-11-25-22(32)14-31-15-27-20-6-4-3-5-19(20)23(31)33/h3-10,13,15H,11-12,14H2,1-2H3,(H,25,32)(H2,26,28,29,30). The van der Waals surface area contributed by atoms with E-state index in [0.717, 1.165) is 11.4 Å². The molecule has 2 aromatic carbocycles. The normalized spacial score (nSPS) is 10.7. The van der Waals surface area contributed by atoms with E-state index in [4.69, 9.17) is 0 Å². The molecule has 1 amide bonds. The van der Waals surface area contributed by atoms with E-state index in [1.165, 1.54) is 16.5 Å². The molecule has 4 rings (SSSR count). The number of nitrogens with zero attached hydrogens (tertiary/aromatic N) is 4. The van der Waals surface area contributed by atoms with E-state index < -0.39 is 0 Å². The Kier molecular flexibility index (Phi) is 6.58. The SMILES string of the molecule is Cc1ccc(Nc2cc(C)nc(NCCNC(=O)Cn3cnc4ccccc4c3=O)n2)cc1. The van der Waals surface area contributed by atoms with Gasteiger partial charge in [-0.2, -0.15) is 4.98 Å². The van der Waals surface area contributed by atoms with Crippen molar-refractivity contribution in [3.63, 3.8) is 0 Å². The van der Waals surface area contributed by atoms with Crippen molar-refractivity contribution >= 4 is 34.3 Å². The summed E-state index contributed by atoms with van der Waals surface area (Å²) in [5.74, 6) is 0.873. The Morgan fingerprint density at radius 3 is 2.61 bits per heavy atom. The third kappa shape index (κ3) is 5.70. The Hall–Kier alpha value is -4.27. The first-order valence-corrected chi connectivity index (χ1v) is 10.6. The van der Waals surface area contributed by atoms with Gasteiger partial charge in [-0.25, -0.2) is 9.97 Å². The lowest BCUT2D eigenvalue weighted by Crippen LogP contribution is -2.35. The number of rotatable bonds is 8. The van der Waals surface area contributed by atoms with Gasteiger partial charge in [-0.05, 0) is 38.1 Å². The number of amides is 1. The van der Waals surface area contributed by atoms with Crippen LogP contribution in [0.1, 0.15) is 11.3 Å². The predicted molar refractivity (Wildman–Crippen MR) is 129 cm³/mol. The van der Waals surface area contributed by atoms with Crippen LogP contribution in [0.2, 0.25) is 0 Å². The van der Waals surface area contributed by atoms with Gasteiger partial charge >= 0.3 is 0 Å². The van der Waals surface area contributed by atoms with Crippen molar-refractivity contribution in [2.75, 3.05) is 23.7 Å².